The summed E-state index contributed by atoms with van der Waals surface area (Å²) in [7, 11) is 0. The molecule has 1 N–H and O–H groups in total. The lowest BCUT2D eigenvalue weighted by atomic mass is 10.0. The number of amides is 1. The van der Waals surface area contributed by atoms with E-state index in [1.54, 1.807) is 12.1 Å². The summed E-state index contributed by atoms with van der Waals surface area (Å²) in [5, 5.41) is 2.84. The number of anilines is 1. The van der Waals surface area contributed by atoms with Crippen LogP contribution < -0.4 is 14.8 Å². The Morgan fingerprint density at radius 2 is 2.12 bits per heavy atom. The normalized spacial score (nSPS) is 17.6. The van der Waals surface area contributed by atoms with E-state index in [-0.39, 0.29) is 12.7 Å². The first-order chi connectivity index (χ1) is 8.31. The summed E-state index contributed by atoms with van der Waals surface area (Å²) in [6, 6.07) is 5.38. The summed E-state index contributed by atoms with van der Waals surface area (Å²) in [4.78, 5) is 11.7. The maximum Gasteiger partial charge on any atom is 0.231 e. The summed E-state index contributed by atoms with van der Waals surface area (Å²) in [5.74, 6) is 1.77. The van der Waals surface area contributed by atoms with Crippen molar-refractivity contribution in [3.8, 4) is 11.5 Å². The molecule has 0 radical (unpaired) electrons. The average Bonchev–Trinajstić information content (AvgIpc) is 2.71. The van der Waals surface area contributed by atoms with Crippen molar-refractivity contribution in [1.82, 2.24) is 0 Å². The van der Waals surface area contributed by atoms with Crippen LogP contribution in [-0.2, 0) is 9.53 Å². The molecule has 0 aliphatic carbocycles. The number of fused-ring (bicyclic) bond motifs is 1. The van der Waals surface area contributed by atoms with Crippen molar-refractivity contribution in [3.63, 3.8) is 0 Å². The van der Waals surface area contributed by atoms with E-state index in [1.165, 1.54) is 0 Å². The van der Waals surface area contributed by atoms with Crippen LogP contribution in [0.4, 0.5) is 5.69 Å². The number of nitrogens with one attached hydrogen (secondary N) is 1. The van der Waals surface area contributed by atoms with E-state index < -0.39 is 0 Å². The molecular formula is C12H13NO4. The van der Waals surface area contributed by atoms with E-state index in [2.05, 4.69) is 5.32 Å². The zero-order valence-electron chi connectivity index (χ0n) is 9.27. The molecule has 90 valence electrons. The molecule has 1 amide bonds. The van der Waals surface area contributed by atoms with Gasteiger partial charge in [0.15, 0.2) is 11.5 Å². The van der Waals surface area contributed by atoms with E-state index >= 15 is 0 Å². The standard InChI is InChI=1S/C12H13NO4/c14-12(3-8-5-15-6-8)13-9-1-2-10-11(4-9)17-7-16-10/h1-2,4,8H,3,5-7H2,(H,13,14). The molecule has 0 atom stereocenters. The highest BCUT2D eigenvalue weighted by Gasteiger charge is 2.22. The van der Waals surface area contributed by atoms with Gasteiger partial charge in [-0.05, 0) is 12.1 Å². The van der Waals surface area contributed by atoms with Crippen LogP contribution in [0.15, 0.2) is 18.2 Å². The maximum absolute atomic E-state index is 11.7. The third-order valence-electron chi connectivity index (χ3n) is 2.84. The number of carbonyl (C=O) groups excluding carboxylic acids is 1. The van der Waals surface area contributed by atoms with Crippen LogP contribution in [0.25, 0.3) is 0 Å². The minimum atomic E-state index is 0.0113. The quantitative estimate of drug-likeness (QED) is 0.860. The fourth-order valence-electron chi connectivity index (χ4n) is 1.85. The van der Waals surface area contributed by atoms with Crippen molar-refractivity contribution in [2.24, 2.45) is 5.92 Å². The fraction of sp³-hybridized carbons (Fsp3) is 0.417. The molecule has 0 unspecified atom stereocenters. The molecule has 0 saturated carbocycles. The average molecular weight is 235 g/mol. The zero-order chi connectivity index (χ0) is 11.7. The minimum absolute atomic E-state index is 0.0113. The van der Waals surface area contributed by atoms with Crippen LogP contribution in [-0.4, -0.2) is 25.9 Å². The lowest BCUT2D eigenvalue weighted by Crippen LogP contribution is -2.31. The highest BCUT2D eigenvalue weighted by atomic mass is 16.7. The maximum atomic E-state index is 11.7. The summed E-state index contributed by atoms with van der Waals surface area (Å²) in [6.07, 6.45) is 0.508. The second-order valence-electron chi connectivity index (χ2n) is 4.22. The van der Waals surface area contributed by atoms with Crippen molar-refractivity contribution < 1.29 is 19.0 Å². The van der Waals surface area contributed by atoms with Gasteiger partial charge < -0.3 is 19.5 Å². The highest BCUT2D eigenvalue weighted by Crippen LogP contribution is 2.34. The van der Waals surface area contributed by atoms with Crippen molar-refractivity contribution in [2.75, 3.05) is 25.3 Å². The predicted molar refractivity (Wildman–Crippen MR) is 60.1 cm³/mol. The Labute approximate surface area is 98.7 Å². The van der Waals surface area contributed by atoms with E-state index in [1.807, 2.05) is 6.07 Å². The molecule has 1 saturated heterocycles. The fourth-order valence-corrected chi connectivity index (χ4v) is 1.85. The summed E-state index contributed by atoms with van der Waals surface area (Å²) in [5.41, 5.74) is 0.736. The first-order valence-electron chi connectivity index (χ1n) is 5.58. The number of hydrogen-bond acceptors (Lipinski definition) is 4. The molecular weight excluding hydrogens is 222 g/mol. The van der Waals surface area contributed by atoms with Crippen molar-refractivity contribution in [2.45, 2.75) is 6.42 Å². The Kier molecular flexibility index (Phi) is 2.60. The third kappa shape index (κ3) is 2.19. The van der Waals surface area contributed by atoms with E-state index in [0.717, 1.165) is 11.4 Å². The Balaban J connectivity index is 1.62. The van der Waals surface area contributed by atoms with Gasteiger partial charge in [-0.3, -0.25) is 4.79 Å². The zero-order valence-corrected chi connectivity index (χ0v) is 9.27. The van der Waals surface area contributed by atoms with Crippen molar-refractivity contribution in [1.29, 1.82) is 0 Å². The number of benzene rings is 1. The first kappa shape index (κ1) is 10.4. The second-order valence-corrected chi connectivity index (χ2v) is 4.22. The predicted octanol–water partition coefficient (Wildman–Crippen LogP) is 1.39. The molecule has 2 aliphatic heterocycles. The van der Waals surface area contributed by atoms with Gasteiger partial charge in [-0.25, -0.2) is 0 Å². The molecule has 2 aliphatic rings. The Bertz CT molecular complexity index is 442. The van der Waals surface area contributed by atoms with Crippen LogP contribution >= 0.6 is 0 Å². The van der Waals surface area contributed by atoms with Crippen LogP contribution in [0, 0.1) is 5.92 Å². The smallest absolute Gasteiger partial charge is 0.231 e. The number of hydrogen-bond donors (Lipinski definition) is 1. The monoisotopic (exact) mass is 235 g/mol. The number of rotatable bonds is 3. The summed E-state index contributed by atoms with van der Waals surface area (Å²) >= 11 is 0. The second kappa shape index (κ2) is 4.25. The molecule has 17 heavy (non-hydrogen) atoms. The molecule has 1 aromatic rings. The largest absolute Gasteiger partial charge is 0.454 e. The topological polar surface area (TPSA) is 56.8 Å². The highest BCUT2D eigenvalue weighted by molar-refractivity contribution is 5.91. The summed E-state index contributed by atoms with van der Waals surface area (Å²) < 4.78 is 15.5. The lowest BCUT2D eigenvalue weighted by molar-refractivity contribution is -0.121. The van der Waals surface area contributed by atoms with E-state index in [0.29, 0.717) is 31.3 Å². The van der Waals surface area contributed by atoms with Crippen LogP contribution in [0.3, 0.4) is 0 Å². The van der Waals surface area contributed by atoms with Crippen molar-refractivity contribution in [3.05, 3.63) is 18.2 Å². The van der Waals surface area contributed by atoms with Gasteiger partial charge in [0.1, 0.15) is 0 Å². The molecule has 0 bridgehead atoms. The van der Waals surface area contributed by atoms with Crippen LogP contribution in [0.5, 0.6) is 11.5 Å². The van der Waals surface area contributed by atoms with Gasteiger partial charge >= 0.3 is 0 Å². The molecule has 1 aromatic carbocycles. The molecule has 2 heterocycles. The van der Waals surface area contributed by atoms with Gasteiger partial charge in [0.2, 0.25) is 12.7 Å². The lowest BCUT2D eigenvalue weighted by Gasteiger charge is -2.25. The van der Waals surface area contributed by atoms with Crippen LogP contribution in [0.2, 0.25) is 0 Å². The molecule has 0 spiro atoms. The number of ether oxygens (including phenoxy) is 3. The van der Waals surface area contributed by atoms with Crippen molar-refractivity contribution >= 4 is 11.6 Å². The van der Waals surface area contributed by atoms with E-state index in [9.17, 15) is 4.79 Å². The van der Waals surface area contributed by atoms with Gasteiger partial charge in [0.05, 0.1) is 13.2 Å². The third-order valence-corrected chi connectivity index (χ3v) is 2.84. The van der Waals surface area contributed by atoms with Gasteiger partial charge in [0.25, 0.3) is 0 Å². The minimum Gasteiger partial charge on any atom is -0.454 e. The Morgan fingerprint density at radius 3 is 2.88 bits per heavy atom. The SMILES string of the molecule is O=C(CC1COC1)Nc1ccc2c(c1)OCO2. The Morgan fingerprint density at radius 1 is 1.29 bits per heavy atom. The molecule has 5 nitrogen and oxygen atoms in total. The molecule has 3 rings (SSSR count). The van der Waals surface area contributed by atoms with Gasteiger partial charge in [0, 0.05) is 24.1 Å². The molecule has 0 aromatic heterocycles. The Hall–Kier alpha value is -1.75. The van der Waals surface area contributed by atoms with Crippen LogP contribution in [0.1, 0.15) is 6.42 Å². The number of carbonyl (C=O) groups is 1. The summed E-state index contributed by atoms with van der Waals surface area (Å²) in [6.45, 7) is 1.62. The first-order valence-corrected chi connectivity index (χ1v) is 5.58. The van der Waals surface area contributed by atoms with Gasteiger partial charge in [-0.1, -0.05) is 0 Å². The van der Waals surface area contributed by atoms with E-state index in [4.69, 9.17) is 14.2 Å². The molecule has 5 heteroatoms. The molecule has 1 fully saturated rings. The van der Waals surface area contributed by atoms with Gasteiger partial charge in [-0.15, -0.1) is 0 Å². The van der Waals surface area contributed by atoms with Gasteiger partial charge in [-0.2, -0.15) is 0 Å².